The van der Waals surface area contributed by atoms with E-state index in [1.165, 1.54) is 79.1 Å². The van der Waals surface area contributed by atoms with Crippen LogP contribution < -0.4 is 37.0 Å². The van der Waals surface area contributed by atoms with Crippen molar-refractivity contribution in [2.75, 3.05) is 0 Å². The molecule has 0 aliphatic heterocycles. The van der Waals surface area contributed by atoms with E-state index in [0.29, 0.717) is 29.9 Å². The molecule has 0 atom stereocenters. The summed E-state index contributed by atoms with van der Waals surface area (Å²) in [5.41, 5.74) is 22.7. The number of imidazole rings is 1. The number of benzene rings is 2. The third-order valence-electron chi connectivity index (χ3n) is 20.0. The Morgan fingerprint density at radius 3 is 1.22 bits per heavy atom. The fraction of sp³-hybridized carbons (Fsp3) is 0.301. The van der Waals surface area contributed by atoms with E-state index in [1.54, 1.807) is 0 Å². The van der Waals surface area contributed by atoms with Crippen LogP contribution in [-0.4, -0.2) is 42.4 Å². The second-order valence-corrected chi connectivity index (χ2v) is 27.8. The van der Waals surface area contributed by atoms with Crippen LogP contribution in [0.4, 0.5) is 0 Å². The molecule has 13 heterocycles. The Bertz CT molecular complexity index is 5370. The topological polar surface area (TPSA) is 104 Å². The van der Waals surface area contributed by atoms with E-state index in [1.807, 2.05) is 37.0 Å². The Balaban J connectivity index is 0.000000129. The first-order valence-electron chi connectivity index (χ1n) is 35.1. The summed E-state index contributed by atoms with van der Waals surface area (Å²) < 4.78 is 39.6. The van der Waals surface area contributed by atoms with Crippen molar-refractivity contribution in [3.05, 3.63) is 218 Å². The standard InChI is InChI=1S/C26H28N4O.C22H26N4.C18H24N4.C17H23N5/c1-16(2)30-15-14-22(29(30)6)21-8-7-9-23(28(21)5)24-17(3)10-12-19-20-13-11-18(4)27-26(20)31-25(19)24;1-16(2)26-14-13-21(25(26)5)19-11-8-12-20(24(19)4)22-15-17-9-6-7-10-18(17)23(22)3;1-14(2)22-13-11-18(21(22)5)17-9-6-8-16(20(17)4)15-10-7-12-19(15)3;1-13(2)22-11-9-15(21(22)5)14-7-6-8-16(20(14)4)17-18-10-12-19(17)3/h7-16H,1-6H3;6-16H,1-5H3;6-14H,1-5H3;6-13H,1-5H3/q4*+2. The molecule has 0 aliphatic carbocycles. The maximum absolute atomic E-state index is 6.33. The Labute approximate surface area is 594 Å². The Hall–Kier alpha value is -11.1. The van der Waals surface area contributed by atoms with Crippen molar-refractivity contribution >= 4 is 33.0 Å². The molecule has 15 aromatic rings. The summed E-state index contributed by atoms with van der Waals surface area (Å²) in [6.45, 7) is 21.7. The summed E-state index contributed by atoms with van der Waals surface area (Å²) >= 11 is 0. The van der Waals surface area contributed by atoms with Crippen LogP contribution in [0.5, 0.6) is 0 Å². The molecular weight excluding hydrogens is 1250 g/mol. The van der Waals surface area contributed by atoms with Gasteiger partial charge in [0.25, 0.3) is 0 Å². The van der Waals surface area contributed by atoms with Crippen LogP contribution in [0.2, 0.25) is 0 Å². The van der Waals surface area contributed by atoms with E-state index in [-0.39, 0.29) is 0 Å². The molecular formula is C83H101N17O+8. The Kier molecular flexibility index (Phi) is 19.8. The van der Waals surface area contributed by atoms with Gasteiger partial charge in [0.15, 0.2) is 77.3 Å². The second-order valence-electron chi connectivity index (χ2n) is 27.8. The molecule has 18 heteroatoms. The first kappa shape index (κ1) is 69.7. The number of fused-ring (bicyclic) bond motifs is 4. The minimum absolute atomic E-state index is 0.398. The van der Waals surface area contributed by atoms with Gasteiger partial charge >= 0.3 is 0 Å². The van der Waals surface area contributed by atoms with Gasteiger partial charge < -0.3 is 18.1 Å². The highest BCUT2D eigenvalue weighted by Crippen LogP contribution is 2.37. The first-order valence-corrected chi connectivity index (χ1v) is 35.1. The van der Waals surface area contributed by atoms with Gasteiger partial charge in [-0.15, -0.1) is 37.5 Å². The van der Waals surface area contributed by atoms with Gasteiger partial charge in [0, 0.05) is 140 Å². The fourth-order valence-electron chi connectivity index (χ4n) is 14.5. The van der Waals surface area contributed by atoms with Crippen LogP contribution in [-0.2, 0) is 77.5 Å². The summed E-state index contributed by atoms with van der Waals surface area (Å²) in [4.78, 5) is 9.08. The van der Waals surface area contributed by atoms with Gasteiger partial charge in [-0.3, -0.25) is 0 Å². The molecule has 0 aliphatic rings. The fourth-order valence-corrected chi connectivity index (χ4v) is 14.5. The van der Waals surface area contributed by atoms with Crippen molar-refractivity contribution in [2.24, 2.45) is 77.5 Å². The van der Waals surface area contributed by atoms with E-state index >= 15 is 0 Å². The highest BCUT2D eigenvalue weighted by molar-refractivity contribution is 6.08. The van der Waals surface area contributed by atoms with Crippen molar-refractivity contribution in [2.45, 2.75) is 93.4 Å². The molecule has 101 heavy (non-hydrogen) atoms. The summed E-state index contributed by atoms with van der Waals surface area (Å²) in [6, 6.07) is 59.7. The summed E-state index contributed by atoms with van der Waals surface area (Å²) in [5, 5.41) is 3.43. The average Bonchev–Trinajstić information content (AvgIpc) is 1.56. The van der Waals surface area contributed by atoms with E-state index in [2.05, 4.69) is 396 Å². The molecule has 0 N–H and O–H groups in total. The number of aryl methyl sites for hydroxylation is 5. The van der Waals surface area contributed by atoms with Crippen LogP contribution >= 0.6 is 0 Å². The zero-order valence-corrected chi connectivity index (χ0v) is 63.0. The largest absolute Gasteiger partial charge is 0.437 e. The predicted molar refractivity (Wildman–Crippen MR) is 399 cm³/mol. The van der Waals surface area contributed by atoms with Gasteiger partial charge in [-0.05, 0) is 135 Å². The average molecular weight is 1350 g/mol. The SMILES string of the molecule is CC(C)[n+]1ccc(-c2cccc(-c3cc4ccccc4n3C)[n+]2C)n1C.CC(C)[n+]1ccc(-c2cccc(-c3cccn3C)[n+]2C)n1C.CC(C)[n+]1ccc(-c2cccc(-c3nccn3C)[n+]2C)n1C.Cc1ccc2c(n1)oc1c(-c3cccc(-c4cc[n+](C(C)C)n4C)[n+]3C)c(C)ccc12. The van der Waals surface area contributed by atoms with E-state index in [0.717, 1.165) is 50.5 Å². The zero-order valence-electron chi connectivity index (χ0n) is 63.0. The number of hydrogen-bond acceptors (Lipinski definition) is 3. The molecule has 0 bridgehead atoms. The van der Waals surface area contributed by atoms with Gasteiger partial charge in [0.2, 0.25) is 57.1 Å². The molecule has 15 rings (SSSR count). The molecule has 0 saturated carbocycles. The van der Waals surface area contributed by atoms with Crippen LogP contribution in [0.15, 0.2) is 212 Å². The van der Waals surface area contributed by atoms with Gasteiger partial charge in [0.1, 0.15) is 39.6 Å². The van der Waals surface area contributed by atoms with Crippen LogP contribution in [0, 0.1) is 13.8 Å². The molecule has 0 fully saturated rings. The molecule has 2 aromatic carbocycles. The van der Waals surface area contributed by atoms with Crippen molar-refractivity contribution in [3.8, 4) is 91.1 Å². The number of nitrogens with zero attached hydrogens (tertiary/aromatic N) is 17. The molecule has 0 spiro atoms. The quantitative estimate of drug-likeness (QED) is 0.114. The molecule has 0 radical (unpaired) electrons. The lowest BCUT2D eigenvalue weighted by atomic mass is 10.0. The summed E-state index contributed by atoms with van der Waals surface area (Å²) in [5.74, 6) is 0.968. The Morgan fingerprint density at radius 2 is 0.792 bits per heavy atom. The molecule has 0 unspecified atom stereocenters. The molecule has 18 nitrogen and oxygen atoms in total. The van der Waals surface area contributed by atoms with Gasteiger partial charge in [-0.1, -0.05) is 30.3 Å². The van der Waals surface area contributed by atoms with E-state index in [4.69, 9.17) is 4.42 Å². The molecule has 0 saturated heterocycles. The molecule has 0 amide bonds. The van der Waals surface area contributed by atoms with Crippen molar-refractivity contribution in [1.29, 1.82) is 0 Å². The highest BCUT2D eigenvalue weighted by atomic mass is 16.3. The number of furan rings is 1. The van der Waals surface area contributed by atoms with Crippen LogP contribution in [0.3, 0.4) is 0 Å². The lowest BCUT2D eigenvalue weighted by Gasteiger charge is -2.08. The van der Waals surface area contributed by atoms with Gasteiger partial charge in [0.05, 0.1) is 33.8 Å². The number of hydrogen-bond donors (Lipinski definition) is 0. The summed E-state index contributed by atoms with van der Waals surface area (Å²) in [6.07, 6.45) is 14.5. The van der Waals surface area contributed by atoms with Gasteiger partial charge in [-0.25, -0.2) is 9.97 Å². The lowest BCUT2D eigenvalue weighted by molar-refractivity contribution is -0.789. The van der Waals surface area contributed by atoms with E-state index in [9.17, 15) is 0 Å². The second kappa shape index (κ2) is 28.6. The van der Waals surface area contributed by atoms with Crippen molar-refractivity contribution in [1.82, 2.24) is 42.4 Å². The normalized spacial score (nSPS) is 11.6. The molecule has 13 aromatic heterocycles. The monoisotopic (exact) mass is 1350 g/mol. The lowest BCUT2D eigenvalue weighted by Crippen LogP contribution is -2.44. The third kappa shape index (κ3) is 13.1. The van der Waals surface area contributed by atoms with E-state index < -0.39 is 0 Å². The van der Waals surface area contributed by atoms with Crippen molar-refractivity contribution in [3.63, 3.8) is 0 Å². The van der Waals surface area contributed by atoms with Crippen LogP contribution in [0.25, 0.3) is 124 Å². The minimum Gasteiger partial charge on any atom is -0.437 e. The number of pyridine rings is 5. The zero-order chi connectivity index (χ0) is 72.0. The smallest absolute Gasteiger partial charge is 0.248 e. The number of para-hydroxylation sites is 1. The third-order valence-corrected chi connectivity index (χ3v) is 20.0. The highest BCUT2D eigenvalue weighted by Gasteiger charge is 2.31. The maximum Gasteiger partial charge on any atom is 0.248 e. The summed E-state index contributed by atoms with van der Waals surface area (Å²) in [7, 11) is 23.2. The predicted octanol–water partition coefficient (Wildman–Crippen LogP) is 12.7. The minimum atomic E-state index is 0.398. The van der Waals surface area contributed by atoms with Gasteiger partial charge in [-0.2, -0.15) is 18.3 Å². The Morgan fingerprint density at radius 1 is 0.376 bits per heavy atom. The maximum atomic E-state index is 6.33. The van der Waals surface area contributed by atoms with Crippen LogP contribution in [0.1, 0.15) is 90.8 Å². The molecule has 516 valence electrons. The first-order chi connectivity index (χ1) is 48.4. The van der Waals surface area contributed by atoms with Crippen molar-refractivity contribution < 1.29 is 41.4 Å². The number of rotatable bonds is 12. The number of aromatic nitrogens is 17.